The molecule has 5 nitrogen and oxygen atoms in total. The van der Waals surface area contributed by atoms with Crippen molar-refractivity contribution in [3.63, 3.8) is 0 Å². The smallest absolute Gasteiger partial charge is 0.145 e. The van der Waals surface area contributed by atoms with Gasteiger partial charge in [-0.3, -0.25) is 4.79 Å². The number of carbonyl (C=O) groups is 1. The lowest BCUT2D eigenvalue weighted by molar-refractivity contribution is -0.122. The fourth-order valence-electron chi connectivity index (χ4n) is 4.75. The number of ketones is 1. The molecule has 0 fully saturated rings. The van der Waals surface area contributed by atoms with E-state index in [9.17, 15) is 4.79 Å². The van der Waals surface area contributed by atoms with Crippen molar-refractivity contribution in [2.75, 3.05) is 24.9 Å². The van der Waals surface area contributed by atoms with E-state index in [2.05, 4.69) is 16.7 Å². The first-order valence-corrected chi connectivity index (χ1v) is 10.8. The van der Waals surface area contributed by atoms with E-state index in [-0.39, 0.29) is 23.7 Å². The predicted octanol–water partition coefficient (Wildman–Crippen LogP) is 5.54. The molecule has 0 bridgehead atoms. The average molecular weight is 427 g/mol. The zero-order chi connectivity index (χ0) is 22.1. The molecule has 5 rings (SSSR count). The number of benzene rings is 3. The van der Waals surface area contributed by atoms with Gasteiger partial charge < -0.3 is 20.1 Å². The zero-order valence-electron chi connectivity index (χ0n) is 18.2. The molecular formula is C27H26N2O3. The number of nitrogens with one attached hydrogen (secondary N) is 2. The van der Waals surface area contributed by atoms with Crippen LogP contribution in [0.5, 0.6) is 11.5 Å². The number of hydrogen-bond donors (Lipinski definition) is 2. The summed E-state index contributed by atoms with van der Waals surface area (Å²) < 4.78 is 10.9. The summed E-state index contributed by atoms with van der Waals surface area (Å²) in [7, 11) is 3.32. The van der Waals surface area contributed by atoms with Crippen LogP contribution in [-0.2, 0) is 4.79 Å². The van der Waals surface area contributed by atoms with E-state index in [1.807, 2.05) is 72.8 Å². The number of methoxy groups -OCH3 is 2. The second kappa shape index (κ2) is 8.42. The second-order valence-electron chi connectivity index (χ2n) is 8.18. The van der Waals surface area contributed by atoms with Gasteiger partial charge in [-0.05, 0) is 35.9 Å². The number of ether oxygens (including phenoxy) is 2. The lowest BCUT2D eigenvalue weighted by Gasteiger charge is -2.33. The summed E-state index contributed by atoms with van der Waals surface area (Å²) in [6, 6.07) is 23.7. The number of allylic oxidation sites excluding steroid dienone is 1. The largest absolute Gasteiger partial charge is 0.497 e. The molecule has 0 unspecified atom stereocenters. The molecule has 0 aromatic heterocycles. The molecular weight excluding hydrogens is 400 g/mol. The Balaban J connectivity index is 1.61. The highest BCUT2D eigenvalue weighted by molar-refractivity contribution is 5.90. The molecule has 1 aliphatic carbocycles. The molecule has 0 amide bonds. The number of fused-ring (bicyclic) bond motifs is 2. The third-order valence-corrected chi connectivity index (χ3v) is 6.35. The number of para-hydroxylation sites is 3. The summed E-state index contributed by atoms with van der Waals surface area (Å²) in [5.74, 6) is 1.45. The lowest BCUT2D eigenvalue weighted by atomic mass is 9.76. The van der Waals surface area contributed by atoms with Crippen LogP contribution < -0.4 is 20.1 Å². The van der Waals surface area contributed by atoms with E-state index in [0.29, 0.717) is 6.42 Å². The van der Waals surface area contributed by atoms with Gasteiger partial charge in [-0.2, -0.15) is 0 Å². The fraction of sp³-hybridized carbons (Fsp3) is 0.222. The maximum absolute atomic E-state index is 13.6. The molecule has 0 radical (unpaired) electrons. The summed E-state index contributed by atoms with van der Waals surface area (Å²) in [4.78, 5) is 13.6. The number of anilines is 2. The van der Waals surface area contributed by atoms with Gasteiger partial charge in [0.15, 0.2) is 0 Å². The van der Waals surface area contributed by atoms with Crippen molar-refractivity contribution in [1.29, 1.82) is 0 Å². The van der Waals surface area contributed by atoms with Crippen LogP contribution >= 0.6 is 0 Å². The van der Waals surface area contributed by atoms with Gasteiger partial charge in [-0.1, -0.05) is 48.5 Å². The highest BCUT2D eigenvalue weighted by atomic mass is 16.5. The van der Waals surface area contributed by atoms with Gasteiger partial charge in [0.2, 0.25) is 0 Å². The van der Waals surface area contributed by atoms with E-state index in [1.165, 1.54) is 0 Å². The number of carbonyl (C=O) groups excluding carboxylic acids is 1. The van der Waals surface area contributed by atoms with Gasteiger partial charge in [-0.25, -0.2) is 0 Å². The monoisotopic (exact) mass is 426 g/mol. The van der Waals surface area contributed by atoms with Gasteiger partial charge in [-0.15, -0.1) is 0 Å². The van der Waals surface area contributed by atoms with E-state index >= 15 is 0 Å². The molecule has 2 aliphatic rings. The van der Waals surface area contributed by atoms with Crippen LogP contribution in [-0.4, -0.2) is 20.0 Å². The summed E-state index contributed by atoms with van der Waals surface area (Å²) in [6.07, 6.45) is 2.66. The fourth-order valence-corrected chi connectivity index (χ4v) is 4.75. The van der Waals surface area contributed by atoms with Crippen molar-refractivity contribution < 1.29 is 14.3 Å². The standard InChI is InChI=1S/C27H26N2O3/c1-31-19-13-11-17(12-14-19)18-15-23-26(24(30)16-18)27(20-7-3-6-10-25(20)32-2)29-22-9-5-4-8-21(22)28-23/h3-15,18,26-29H,16H2,1-2H3/t18-,26+,27+/m0/s1. The van der Waals surface area contributed by atoms with Crippen LogP contribution in [0.25, 0.3) is 0 Å². The number of hydrogen-bond acceptors (Lipinski definition) is 5. The van der Waals surface area contributed by atoms with Crippen LogP contribution in [0.2, 0.25) is 0 Å². The van der Waals surface area contributed by atoms with E-state index in [0.717, 1.165) is 39.7 Å². The average Bonchev–Trinajstić information content (AvgIpc) is 3.01. The third-order valence-electron chi connectivity index (χ3n) is 6.35. The summed E-state index contributed by atoms with van der Waals surface area (Å²) >= 11 is 0. The van der Waals surface area contributed by atoms with Crippen molar-refractivity contribution in [2.24, 2.45) is 5.92 Å². The van der Waals surface area contributed by atoms with Crippen LogP contribution in [0.3, 0.4) is 0 Å². The normalized spacial score (nSPS) is 21.8. The van der Waals surface area contributed by atoms with Gasteiger partial charge >= 0.3 is 0 Å². The van der Waals surface area contributed by atoms with Gasteiger partial charge in [0.1, 0.15) is 17.3 Å². The third kappa shape index (κ3) is 3.60. The number of Topliss-reactive ketones (excluding diaryl/α,β-unsaturated/α-hetero) is 1. The Morgan fingerprint density at radius 1 is 0.844 bits per heavy atom. The molecule has 32 heavy (non-hydrogen) atoms. The van der Waals surface area contributed by atoms with Crippen molar-refractivity contribution in [3.8, 4) is 11.5 Å². The molecule has 3 atom stereocenters. The second-order valence-corrected chi connectivity index (χ2v) is 8.18. The molecule has 1 heterocycles. The Morgan fingerprint density at radius 3 is 2.31 bits per heavy atom. The minimum Gasteiger partial charge on any atom is -0.497 e. The van der Waals surface area contributed by atoms with Crippen molar-refractivity contribution in [3.05, 3.63) is 95.7 Å². The van der Waals surface area contributed by atoms with Crippen LogP contribution in [0.1, 0.15) is 29.5 Å². The minimum absolute atomic E-state index is 0.00994. The Labute approximate surface area is 188 Å². The van der Waals surface area contributed by atoms with E-state index in [4.69, 9.17) is 9.47 Å². The summed E-state index contributed by atoms with van der Waals surface area (Å²) in [6.45, 7) is 0. The van der Waals surface area contributed by atoms with Crippen LogP contribution in [0, 0.1) is 5.92 Å². The molecule has 3 aromatic carbocycles. The van der Waals surface area contributed by atoms with E-state index < -0.39 is 0 Å². The Morgan fingerprint density at radius 2 is 1.56 bits per heavy atom. The zero-order valence-corrected chi connectivity index (χ0v) is 18.2. The molecule has 162 valence electrons. The van der Waals surface area contributed by atoms with Crippen LogP contribution in [0.4, 0.5) is 11.4 Å². The van der Waals surface area contributed by atoms with Gasteiger partial charge in [0, 0.05) is 23.6 Å². The molecule has 3 aromatic rings. The summed E-state index contributed by atoms with van der Waals surface area (Å²) in [5.41, 5.74) is 4.93. The quantitative estimate of drug-likeness (QED) is 0.574. The molecule has 2 N–H and O–H groups in total. The first kappa shape index (κ1) is 20.2. The van der Waals surface area contributed by atoms with E-state index in [1.54, 1.807) is 14.2 Å². The molecule has 0 saturated carbocycles. The van der Waals surface area contributed by atoms with Crippen LogP contribution in [0.15, 0.2) is 84.6 Å². The lowest BCUT2D eigenvalue weighted by Crippen LogP contribution is -2.34. The topological polar surface area (TPSA) is 59.6 Å². The molecule has 0 spiro atoms. The highest BCUT2D eigenvalue weighted by Gasteiger charge is 2.40. The van der Waals surface area contributed by atoms with Crippen molar-refractivity contribution >= 4 is 17.2 Å². The molecule has 1 aliphatic heterocycles. The van der Waals surface area contributed by atoms with Gasteiger partial charge in [0.05, 0.1) is 37.6 Å². The maximum Gasteiger partial charge on any atom is 0.145 e. The maximum atomic E-state index is 13.6. The predicted molar refractivity (Wildman–Crippen MR) is 126 cm³/mol. The Kier molecular flexibility index (Phi) is 5.31. The Bertz CT molecular complexity index is 1170. The minimum atomic E-state index is -0.340. The first-order valence-electron chi connectivity index (χ1n) is 10.8. The van der Waals surface area contributed by atoms with Crippen molar-refractivity contribution in [2.45, 2.75) is 18.4 Å². The highest BCUT2D eigenvalue weighted by Crippen LogP contribution is 2.46. The van der Waals surface area contributed by atoms with Crippen molar-refractivity contribution in [1.82, 2.24) is 0 Å². The molecule has 0 saturated heterocycles. The van der Waals surface area contributed by atoms with Gasteiger partial charge in [0.25, 0.3) is 0 Å². The number of rotatable bonds is 4. The summed E-state index contributed by atoms with van der Waals surface area (Å²) in [5, 5.41) is 7.19. The Hall–Kier alpha value is -3.73. The molecule has 5 heteroatoms. The SMILES string of the molecule is COc1ccc([C@H]2C=C3Nc4ccccc4N[C@H](c4ccccc4OC)[C@H]3C(=O)C2)cc1. The first-order chi connectivity index (χ1) is 15.7.